The van der Waals surface area contributed by atoms with E-state index in [1.165, 1.54) is 0 Å². The first-order valence-electron chi connectivity index (χ1n) is 8.39. The van der Waals surface area contributed by atoms with Crippen molar-refractivity contribution < 1.29 is 9.31 Å². The van der Waals surface area contributed by atoms with E-state index in [1.807, 2.05) is 17.8 Å². The van der Waals surface area contributed by atoms with Crippen molar-refractivity contribution in [2.24, 2.45) is 5.92 Å². The molecule has 0 atom stereocenters. The molecular formula is C17H26BN3O2. The van der Waals surface area contributed by atoms with E-state index in [9.17, 15) is 5.26 Å². The lowest BCUT2D eigenvalue weighted by molar-refractivity contribution is 0.00578. The van der Waals surface area contributed by atoms with E-state index in [1.54, 1.807) is 0 Å². The minimum Gasteiger partial charge on any atom is -0.399 e. The molecule has 5 nitrogen and oxygen atoms in total. The Kier molecular flexibility index (Phi) is 3.66. The van der Waals surface area contributed by atoms with Gasteiger partial charge in [-0.15, -0.1) is 0 Å². The summed E-state index contributed by atoms with van der Waals surface area (Å²) in [7, 11) is -0.398. The van der Waals surface area contributed by atoms with Crippen molar-refractivity contribution >= 4 is 12.6 Å². The van der Waals surface area contributed by atoms with Gasteiger partial charge in [0.1, 0.15) is 0 Å². The molecule has 0 unspecified atom stereocenters. The van der Waals surface area contributed by atoms with Gasteiger partial charge in [-0.1, -0.05) is 6.92 Å². The molecule has 0 radical (unpaired) electrons. The smallest absolute Gasteiger partial charge is 0.399 e. The number of hydrogen-bond acceptors (Lipinski definition) is 4. The molecule has 3 rings (SSSR count). The summed E-state index contributed by atoms with van der Waals surface area (Å²) in [6.07, 6.45) is 4.54. The third-order valence-corrected chi connectivity index (χ3v) is 5.80. The molecular weight excluding hydrogens is 289 g/mol. The van der Waals surface area contributed by atoms with E-state index in [4.69, 9.17) is 14.4 Å². The number of nitrogens with zero attached hydrogens (tertiary/aromatic N) is 3. The van der Waals surface area contributed by atoms with Gasteiger partial charge >= 0.3 is 7.12 Å². The Morgan fingerprint density at radius 3 is 2.35 bits per heavy atom. The van der Waals surface area contributed by atoms with Gasteiger partial charge in [-0.25, -0.2) is 0 Å². The first-order chi connectivity index (χ1) is 10.6. The van der Waals surface area contributed by atoms with Crippen molar-refractivity contribution in [2.45, 2.75) is 77.5 Å². The Morgan fingerprint density at radius 2 is 1.87 bits per heavy atom. The van der Waals surface area contributed by atoms with Crippen LogP contribution in [-0.4, -0.2) is 28.1 Å². The first-order valence-corrected chi connectivity index (χ1v) is 8.39. The summed E-state index contributed by atoms with van der Waals surface area (Å²) >= 11 is 0. The topological polar surface area (TPSA) is 60.1 Å². The second kappa shape index (κ2) is 5.09. The minimum absolute atomic E-state index is 0.152. The minimum atomic E-state index is -0.398. The summed E-state index contributed by atoms with van der Waals surface area (Å²) in [6, 6.07) is 2.33. The van der Waals surface area contributed by atoms with E-state index >= 15 is 0 Å². The highest BCUT2D eigenvalue weighted by molar-refractivity contribution is 6.62. The molecule has 124 valence electrons. The summed E-state index contributed by atoms with van der Waals surface area (Å²) < 4.78 is 14.3. The first kappa shape index (κ1) is 16.5. The van der Waals surface area contributed by atoms with E-state index in [-0.39, 0.29) is 16.7 Å². The summed E-state index contributed by atoms with van der Waals surface area (Å²) in [5, 5.41) is 13.9. The molecule has 0 aromatic carbocycles. The molecule has 0 bridgehead atoms. The quantitative estimate of drug-likeness (QED) is 0.804. The van der Waals surface area contributed by atoms with Gasteiger partial charge in [0.05, 0.1) is 34.9 Å². The number of hydrogen-bond donors (Lipinski definition) is 0. The third kappa shape index (κ3) is 2.51. The van der Waals surface area contributed by atoms with Gasteiger partial charge in [-0.05, 0) is 53.4 Å². The predicted molar refractivity (Wildman–Crippen MR) is 89.3 cm³/mol. The molecule has 0 N–H and O–H groups in total. The summed E-state index contributed by atoms with van der Waals surface area (Å²) in [4.78, 5) is 0. The molecule has 2 heterocycles. The molecule has 6 heteroatoms. The Balaban J connectivity index is 1.90. The van der Waals surface area contributed by atoms with Gasteiger partial charge in [-0.3, -0.25) is 4.68 Å². The molecule has 1 aromatic rings. The molecule has 23 heavy (non-hydrogen) atoms. The third-order valence-electron chi connectivity index (χ3n) is 5.80. The Bertz CT molecular complexity index is 637. The van der Waals surface area contributed by atoms with Crippen molar-refractivity contribution in [2.75, 3.05) is 0 Å². The summed E-state index contributed by atoms with van der Waals surface area (Å²) in [5.74, 6) is 0.646. The van der Waals surface area contributed by atoms with Crippen molar-refractivity contribution in [1.29, 1.82) is 5.26 Å². The zero-order valence-corrected chi connectivity index (χ0v) is 15.0. The number of nitriles is 1. The lowest BCUT2D eigenvalue weighted by Gasteiger charge is -2.45. The van der Waals surface area contributed by atoms with E-state index in [0.717, 1.165) is 24.0 Å². The van der Waals surface area contributed by atoms with Crippen LogP contribution in [0, 0.1) is 24.2 Å². The highest BCUT2D eigenvalue weighted by Crippen LogP contribution is 2.45. The molecule has 1 aliphatic carbocycles. The van der Waals surface area contributed by atoms with Crippen LogP contribution in [0.25, 0.3) is 0 Å². The lowest BCUT2D eigenvalue weighted by Crippen LogP contribution is -2.46. The predicted octanol–water partition coefficient (Wildman–Crippen LogP) is 2.53. The maximum atomic E-state index is 9.20. The zero-order chi connectivity index (χ0) is 17.0. The van der Waals surface area contributed by atoms with Gasteiger partial charge < -0.3 is 9.31 Å². The highest BCUT2D eigenvalue weighted by Gasteiger charge is 2.53. The van der Waals surface area contributed by atoms with Crippen molar-refractivity contribution in [3.05, 3.63) is 11.9 Å². The van der Waals surface area contributed by atoms with E-state index in [0.29, 0.717) is 12.3 Å². The average Bonchev–Trinajstić information content (AvgIpc) is 2.86. The normalized spacial score (nSPS) is 31.7. The molecule has 1 saturated carbocycles. The van der Waals surface area contributed by atoms with Crippen LogP contribution in [0.5, 0.6) is 0 Å². The molecule has 1 aromatic heterocycles. The Hall–Kier alpha value is -1.32. The van der Waals surface area contributed by atoms with Crippen LogP contribution in [0.15, 0.2) is 6.20 Å². The molecule has 1 saturated heterocycles. The number of aryl methyl sites for hydroxylation is 1. The average molecular weight is 315 g/mol. The van der Waals surface area contributed by atoms with Gasteiger partial charge in [0.25, 0.3) is 0 Å². The van der Waals surface area contributed by atoms with Crippen LogP contribution in [0.1, 0.15) is 59.6 Å². The van der Waals surface area contributed by atoms with E-state index in [2.05, 4.69) is 40.7 Å². The van der Waals surface area contributed by atoms with Crippen LogP contribution >= 0.6 is 0 Å². The number of aromatic nitrogens is 2. The maximum Gasteiger partial charge on any atom is 0.498 e. The maximum absolute atomic E-state index is 9.20. The van der Waals surface area contributed by atoms with E-state index < -0.39 is 7.12 Å². The Morgan fingerprint density at radius 1 is 1.30 bits per heavy atom. The lowest BCUT2D eigenvalue weighted by atomic mass is 9.67. The fraction of sp³-hybridized carbons (Fsp3) is 0.765. The molecule has 2 fully saturated rings. The van der Waals surface area contributed by atoms with Crippen LogP contribution < -0.4 is 5.46 Å². The van der Waals surface area contributed by atoms with Crippen molar-refractivity contribution in [3.63, 3.8) is 0 Å². The SMILES string of the molecule is Cc1nn(C2(CC#N)CC(C)C2)cc1B1OC(C)(C)C(C)(C)O1. The molecule has 0 spiro atoms. The Labute approximate surface area is 139 Å². The molecule has 1 aliphatic heterocycles. The van der Waals surface area contributed by atoms with Crippen LogP contribution in [0.2, 0.25) is 0 Å². The van der Waals surface area contributed by atoms with Crippen molar-refractivity contribution in [1.82, 2.24) is 9.78 Å². The zero-order valence-electron chi connectivity index (χ0n) is 15.0. The van der Waals surface area contributed by atoms with Crippen LogP contribution in [0.3, 0.4) is 0 Å². The number of rotatable bonds is 3. The summed E-state index contributed by atoms with van der Waals surface area (Å²) in [6.45, 7) is 12.4. The van der Waals surface area contributed by atoms with Crippen LogP contribution in [0.4, 0.5) is 0 Å². The van der Waals surface area contributed by atoms with Crippen molar-refractivity contribution in [3.8, 4) is 6.07 Å². The fourth-order valence-corrected chi connectivity index (χ4v) is 3.71. The van der Waals surface area contributed by atoms with Gasteiger partial charge in [0.2, 0.25) is 0 Å². The standard InChI is InChI=1S/C17H26BN3O2/c1-12-9-17(10-12,7-8-19)21-11-14(13(2)20-21)18-22-15(3,4)16(5,6)23-18/h11-12H,7,9-10H2,1-6H3. The van der Waals surface area contributed by atoms with Gasteiger partial charge in [0, 0.05) is 11.7 Å². The second-order valence-corrected chi connectivity index (χ2v) is 8.28. The van der Waals surface area contributed by atoms with Crippen LogP contribution in [-0.2, 0) is 14.8 Å². The monoisotopic (exact) mass is 315 g/mol. The largest absolute Gasteiger partial charge is 0.498 e. The highest BCUT2D eigenvalue weighted by atomic mass is 16.7. The second-order valence-electron chi connectivity index (χ2n) is 8.28. The molecule has 0 amide bonds. The fourth-order valence-electron chi connectivity index (χ4n) is 3.71. The van der Waals surface area contributed by atoms with Gasteiger partial charge in [0.15, 0.2) is 0 Å². The summed E-state index contributed by atoms with van der Waals surface area (Å²) in [5.41, 5.74) is 1.02. The van der Waals surface area contributed by atoms with Gasteiger partial charge in [-0.2, -0.15) is 10.4 Å². The molecule has 2 aliphatic rings.